The number of benzene rings is 7. The van der Waals surface area contributed by atoms with Gasteiger partial charge in [-0.3, -0.25) is 0 Å². The highest BCUT2D eigenvalue weighted by molar-refractivity contribution is 7.05. The molecule has 11 rings (SSSR count). The second kappa shape index (κ2) is 11.7. The van der Waals surface area contributed by atoms with Crippen molar-refractivity contribution in [2.75, 3.05) is 4.90 Å². The van der Waals surface area contributed by atoms with Gasteiger partial charge in [-0.25, -0.2) is 0 Å². The van der Waals surface area contributed by atoms with Crippen LogP contribution >= 0.6 is 0 Å². The first-order valence-corrected chi connectivity index (χ1v) is 20.5. The van der Waals surface area contributed by atoms with Gasteiger partial charge in [0.05, 0.1) is 0 Å². The van der Waals surface area contributed by atoms with Crippen LogP contribution in [0.5, 0.6) is 0 Å². The van der Waals surface area contributed by atoms with Crippen LogP contribution in [0.4, 0.5) is 17.1 Å². The minimum Gasteiger partial charge on any atom is -0.312 e. The molecule has 0 amide bonds. The van der Waals surface area contributed by atoms with E-state index in [1.165, 1.54) is 105 Å². The van der Waals surface area contributed by atoms with E-state index in [0.29, 0.717) is 0 Å². The molecule has 0 fully saturated rings. The van der Waals surface area contributed by atoms with Gasteiger partial charge in [-0.05, 0) is 112 Å². The topological polar surface area (TPSA) is 3.24 Å². The molecule has 1 nitrogen and oxygen atoms in total. The highest BCUT2D eigenvalue weighted by Gasteiger charge is 2.50. The number of hydrogen-bond donors (Lipinski definition) is 0. The van der Waals surface area contributed by atoms with Crippen molar-refractivity contribution >= 4 is 75.4 Å². The van der Waals surface area contributed by atoms with Crippen LogP contribution in [0.25, 0.3) is 56.7 Å². The van der Waals surface area contributed by atoms with Crippen molar-refractivity contribution in [3.8, 4) is 44.5 Å². The van der Waals surface area contributed by atoms with E-state index in [4.69, 9.17) is 0 Å². The monoisotopic (exact) mass is 729 g/mol. The van der Waals surface area contributed by atoms with E-state index in [2.05, 4.69) is 187 Å². The Hall–Kier alpha value is -6.05. The highest BCUT2D eigenvalue weighted by atomic mass is 15.2. The van der Waals surface area contributed by atoms with E-state index in [9.17, 15) is 0 Å². The Morgan fingerprint density at radius 1 is 0.456 bits per heavy atom. The third-order valence-electron chi connectivity index (χ3n) is 13.3. The summed E-state index contributed by atoms with van der Waals surface area (Å²) in [6.45, 7) is 22.3. The molecule has 3 heteroatoms. The minimum absolute atomic E-state index is 0.0275. The molecule has 0 aliphatic carbocycles. The molecule has 7 aromatic rings. The van der Waals surface area contributed by atoms with Crippen molar-refractivity contribution in [2.24, 2.45) is 0 Å². The summed E-state index contributed by atoms with van der Waals surface area (Å²) in [6, 6.07) is 49.3. The van der Waals surface area contributed by atoms with Gasteiger partial charge in [-0.15, -0.1) is 0 Å². The second-order valence-electron chi connectivity index (χ2n) is 18.6. The van der Waals surface area contributed by atoms with Gasteiger partial charge in [0.15, 0.2) is 0 Å². The first-order valence-electron chi connectivity index (χ1n) is 20.5. The Morgan fingerprint density at radius 3 is 1.70 bits per heavy atom. The number of hydrogen-bond acceptors (Lipinski definition) is 1. The Bertz CT molecular complexity index is 2900. The van der Waals surface area contributed by atoms with Crippen LogP contribution in [-0.2, 0) is 10.8 Å². The summed E-state index contributed by atoms with van der Waals surface area (Å²) >= 11 is 0. The number of para-hydroxylation sites is 1. The lowest BCUT2D eigenvalue weighted by Crippen LogP contribution is -2.63. The fourth-order valence-corrected chi connectivity index (χ4v) is 10.4. The summed E-state index contributed by atoms with van der Waals surface area (Å²) in [7, 11) is 0. The zero-order chi connectivity index (χ0) is 39.1. The fraction of sp³-hybridized carbons (Fsp3) is 0.148. The molecule has 7 aromatic carbocycles. The molecular weight excluding hydrogens is 684 g/mol. The Kier molecular flexibility index (Phi) is 7.05. The summed E-state index contributed by atoms with van der Waals surface area (Å²) in [5.41, 5.74) is 28.0. The van der Waals surface area contributed by atoms with E-state index in [-0.39, 0.29) is 24.3 Å². The molecule has 0 unspecified atom stereocenters. The lowest BCUT2D eigenvalue weighted by Gasteiger charge is -2.43. The van der Waals surface area contributed by atoms with E-state index in [1.54, 1.807) is 0 Å². The van der Waals surface area contributed by atoms with Crippen LogP contribution in [0.2, 0.25) is 0 Å². The van der Waals surface area contributed by atoms with Gasteiger partial charge in [0, 0.05) is 17.1 Å². The molecule has 4 aliphatic heterocycles. The van der Waals surface area contributed by atoms with Gasteiger partial charge in [0.2, 0.25) is 13.4 Å². The van der Waals surface area contributed by atoms with E-state index < -0.39 is 0 Å². The number of anilines is 3. The average Bonchev–Trinajstić information content (AvgIpc) is 3.74. The smallest absolute Gasteiger partial charge is 0.248 e. The lowest BCUT2D eigenvalue weighted by atomic mass is 9.32. The number of nitrogens with zero attached hydrogens (tertiary/aromatic N) is 1. The molecule has 272 valence electrons. The zero-order valence-corrected chi connectivity index (χ0v) is 33.8. The summed E-state index contributed by atoms with van der Waals surface area (Å²) in [4.78, 5) is 2.67. The molecule has 0 bridgehead atoms. The molecule has 0 atom stereocenters. The van der Waals surface area contributed by atoms with E-state index >= 15 is 0 Å². The molecule has 0 aromatic heterocycles. The van der Waals surface area contributed by atoms with Crippen LogP contribution in [0, 0.1) is 0 Å². The average molecular weight is 730 g/mol. The minimum atomic E-state index is -0.0300. The predicted molar refractivity (Wildman–Crippen MR) is 250 cm³/mol. The molecule has 0 spiro atoms. The molecule has 0 saturated heterocycles. The van der Waals surface area contributed by atoms with Crippen LogP contribution in [0.3, 0.4) is 0 Å². The van der Waals surface area contributed by atoms with Gasteiger partial charge in [-0.1, -0.05) is 193 Å². The van der Waals surface area contributed by atoms with Gasteiger partial charge in [0.25, 0.3) is 0 Å². The summed E-state index contributed by atoms with van der Waals surface area (Å²) < 4.78 is 0. The summed E-state index contributed by atoms with van der Waals surface area (Å²) in [5, 5.41) is 0. The van der Waals surface area contributed by atoms with Crippen molar-refractivity contribution in [3.05, 3.63) is 163 Å². The van der Waals surface area contributed by atoms with Crippen molar-refractivity contribution < 1.29 is 0 Å². The van der Waals surface area contributed by atoms with Gasteiger partial charge in [0.1, 0.15) is 0 Å². The zero-order valence-electron chi connectivity index (χ0n) is 33.8. The van der Waals surface area contributed by atoms with Crippen molar-refractivity contribution in [1.82, 2.24) is 0 Å². The van der Waals surface area contributed by atoms with Crippen LogP contribution < -0.4 is 37.7 Å². The SMILES string of the molecule is C=Cc1ccc(-c2ccc3c(c2)B2c4cccc5c4N(c4cc(C(C)(C)C)cc-3c42)c2ccc(-c3ccc(C=C)cc3)c3c2B5c2ccc(C(C)(C)C)cc2-3)cc1. The third kappa shape index (κ3) is 4.78. The Morgan fingerprint density at radius 2 is 1.05 bits per heavy atom. The third-order valence-corrected chi connectivity index (χ3v) is 13.3. The normalized spacial score (nSPS) is 13.8. The first kappa shape index (κ1) is 34.2. The maximum absolute atomic E-state index is 4.03. The molecule has 0 N–H and O–H groups in total. The van der Waals surface area contributed by atoms with E-state index in [1.807, 2.05) is 12.2 Å². The van der Waals surface area contributed by atoms with Gasteiger partial charge in [-0.2, -0.15) is 0 Å². The van der Waals surface area contributed by atoms with Crippen molar-refractivity contribution in [3.63, 3.8) is 0 Å². The predicted octanol–water partition coefficient (Wildman–Crippen LogP) is 9.99. The largest absolute Gasteiger partial charge is 0.312 e. The van der Waals surface area contributed by atoms with Crippen molar-refractivity contribution in [1.29, 1.82) is 0 Å². The van der Waals surface area contributed by atoms with Gasteiger partial charge < -0.3 is 4.90 Å². The molecule has 4 aliphatic rings. The Labute approximate surface area is 338 Å². The molecule has 0 saturated carbocycles. The molecule has 0 radical (unpaired) electrons. The molecule has 57 heavy (non-hydrogen) atoms. The highest BCUT2D eigenvalue weighted by Crippen LogP contribution is 2.48. The Balaban J connectivity index is 1.21. The van der Waals surface area contributed by atoms with Crippen LogP contribution in [0.15, 0.2) is 141 Å². The summed E-state index contributed by atoms with van der Waals surface area (Å²) in [5.74, 6) is 0. The fourth-order valence-electron chi connectivity index (χ4n) is 10.4. The number of fused-ring (bicyclic) bond motifs is 10. The quantitative estimate of drug-likeness (QED) is 0.163. The first-order chi connectivity index (χ1) is 27.4. The lowest BCUT2D eigenvalue weighted by molar-refractivity contribution is 0.590. The van der Waals surface area contributed by atoms with Gasteiger partial charge >= 0.3 is 0 Å². The standard InChI is InChI=1S/C54H45B2N/c1-9-32-14-18-34(19-15-32)36-22-24-40-41-30-38(54(6,7)8)31-48-50(41)56(46(40)28-36)45-13-11-12-44-52(45)57(48)47-27-25-39(35-20-16-33(10-2)17-21-35)49-42-29-37(53(3,4)5)23-26-43(42)55(44)51(47)49/h9-31H,1-2H2,3-8H3. The van der Waals surface area contributed by atoms with Crippen molar-refractivity contribution in [2.45, 2.75) is 52.4 Å². The number of rotatable bonds is 4. The maximum atomic E-state index is 4.03. The molecular formula is C54H45B2N. The maximum Gasteiger partial charge on any atom is 0.248 e. The second-order valence-corrected chi connectivity index (χ2v) is 18.6. The van der Waals surface area contributed by atoms with Crippen LogP contribution in [0.1, 0.15) is 63.8 Å². The van der Waals surface area contributed by atoms with Crippen LogP contribution in [-0.4, -0.2) is 13.4 Å². The summed E-state index contributed by atoms with van der Waals surface area (Å²) in [6.07, 6.45) is 3.84. The van der Waals surface area contributed by atoms with E-state index in [0.717, 1.165) is 11.1 Å². The molecule has 4 heterocycles.